The van der Waals surface area contributed by atoms with Crippen LogP contribution in [0.4, 0.5) is 0 Å². The molecule has 0 fully saturated rings. The molecule has 4 heterocycles. The average Bonchev–Trinajstić information content (AvgIpc) is 3.16. The highest BCUT2D eigenvalue weighted by Crippen LogP contribution is 2.28. The maximum absolute atomic E-state index is 12.6. The maximum atomic E-state index is 12.6. The van der Waals surface area contributed by atoms with Gasteiger partial charge in [-0.1, -0.05) is 12.1 Å². The lowest BCUT2D eigenvalue weighted by molar-refractivity contribution is 0.0938. The van der Waals surface area contributed by atoms with E-state index < -0.39 is 0 Å². The summed E-state index contributed by atoms with van der Waals surface area (Å²) in [6.07, 6.45) is 4.14. The summed E-state index contributed by atoms with van der Waals surface area (Å²) in [5.41, 5.74) is 4.28. The molecule has 7 nitrogen and oxygen atoms in total. The second kappa shape index (κ2) is 6.87. The predicted octanol–water partition coefficient (Wildman–Crippen LogP) is 2.37. The minimum Gasteiger partial charge on any atom is -0.350 e. The third-order valence-corrected chi connectivity index (χ3v) is 4.96. The molecule has 0 aliphatic carbocycles. The van der Waals surface area contributed by atoms with E-state index in [2.05, 4.69) is 10.3 Å². The Morgan fingerprint density at radius 2 is 1.69 bits per heavy atom. The maximum Gasteiger partial charge on any atom is 0.270 e. The van der Waals surface area contributed by atoms with Crippen LogP contribution < -0.4 is 10.9 Å². The van der Waals surface area contributed by atoms with E-state index in [9.17, 15) is 9.59 Å². The first kappa shape index (κ1) is 17.1. The summed E-state index contributed by atoms with van der Waals surface area (Å²) in [6, 6.07) is 18.1. The molecule has 0 radical (unpaired) electrons. The van der Waals surface area contributed by atoms with Gasteiger partial charge in [-0.05, 0) is 48.9 Å². The number of hydrogen-bond acceptors (Lipinski definition) is 4. The van der Waals surface area contributed by atoms with Crippen LogP contribution in [0.5, 0.6) is 0 Å². The van der Waals surface area contributed by atoms with Crippen LogP contribution in [0.3, 0.4) is 0 Å². The van der Waals surface area contributed by atoms with Crippen LogP contribution in [0.25, 0.3) is 22.8 Å². The van der Waals surface area contributed by atoms with Crippen LogP contribution in [-0.2, 0) is 6.42 Å². The van der Waals surface area contributed by atoms with Crippen LogP contribution in [0.2, 0.25) is 0 Å². The lowest BCUT2D eigenvalue weighted by atomic mass is 10.0. The van der Waals surface area contributed by atoms with Crippen LogP contribution in [0.15, 0.2) is 77.9 Å². The monoisotopic (exact) mass is 383 g/mol. The average molecular weight is 383 g/mol. The van der Waals surface area contributed by atoms with Crippen molar-refractivity contribution in [2.24, 2.45) is 0 Å². The molecular formula is C22H17N5O2. The van der Waals surface area contributed by atoms with Gasteiger partial charge in [-0.25, -0.2) is 4.68 Å². The number of hydrogen-bond donors (Lipinski definition) is 1. The smallest absolute Gasteiger partial charge is 0.270 e. The number of carbonyl (C=O) groups excluding carboxylic acids is 1. The lowest BCUT2D eigenvalue weighted by Gasteiger charge is -2.15. The molecule has 29 heavy (non-hydrogen) atoms. The summed E-state index contributed by atoms with van der Waals surface area (Å²) in [4.78, 5) is 29.1. The molecule has 0 atom stereocenters. The fraction of sp³-hybridized carbons (Fsp3) is 0.0909. The van der Waals surface area contributed by atoms with E-state index in [1.165, 1.54) is 6.07 Å². The molecule has 1 aromatic carbocycles. The number of nitrogens with one attached hydrogen (secondary N) is 1. The van der Waals surface area contributed by atoms with Gasteiger partial charge in [0.2, 0.25) is 0 Å². The van der Waals surface area contributed by atoms with E-state index in [4.69, 9.17) is 5.10 Å². The van der Waals surface area contributed by atoms with E-state index in [0.717, 1.165) is 28.3 Å². The number of fused-ring (bicyclic) bond motifs is 1. The summed E-state index contributed by atoms with van der Waals surface area (Å²) in [5.74, 6) is -0.149. The van der Waals surface area contributed by atoms with Gasteiger partial charge in [0.05, 0.1) is 11.4 Å². The van der Waals surface area contributed by atoms with Crippen molar-refractivity contribution in [1.29, 1.82) is 0 Å². The molecule has 0 bridgehead atoms. The quantitative estimate of drug-likeness (QED) is 0.589. The highest BCUT2D eigenvalue weighted by Gasteiger charge is 2.28. The first-order valence-corrected chi connectivity index (χ1v) is 9.32. The van der Waals surface area contributed by atoms with Crippen molar-refractivity contribution in [3.63, 3.8) is 0 Å². The molecule has 3 aromatic heterocycles. The molecule has 1 amide bonds. The molecule has 1 aliphatic rings. The summed E-state index contributed by atoms with van der Waals surface area (Å²) >= 11 is 0. The first-order chi connectivity index (χ1) is 14.2. The summed E-state index contributed by atoms with van der Waals surface area (Å²) < 4.78 is 3.22. The van der Waals surface area contributed by atoms with Gasteiger partial charge in [-0.2, -0.15) is 5.10 Å². The van der Waals surface area contributed by atoms with Gasteiger partial charge in [0.25, 0.3) is 11.5 Å². The molecule has 5 rings (SSSR count). The summed E-state index contributed by atoms with van der Waals surface area (Å²) in [6.45, 7) is 0.577. The highest BCUT2D eigenvalue weighted by molar-refractivity contribution is 5.97. The van der Waals surface area contributed by atoms with Gasteiger partial charge in [-0.3, -0.25) is 19.1 Å². The van der Waals surface area contributed by atoms with Gasteiger partial charge in [-0.15, -0.1) is 0 Å². The standard InChI is InChI=1S/C22H17N5O2/c28-19-6-2-4-14-26(19)15-7-9-16(10-8-15)27-21-17(11-13-24-22(21)29)20(25-27)18-5-1-3-12-23-18/h1-10,12,14H,11,13H2,(H,24,29). The van der Waals surface area contributed by atoms with Crippen LogP contribution in [0, 0.1) is 0 Å². The second-order valence-electron chi connectivity index (χ2n) is 6.73. The lowest BCUT2D eigenvalue weighted by Crippen LogP contribution is -2.33. The largest absolute Gasteiger partial charge is 0.350 e. The molecule has 1 aliphatic heterocycles. The number of benzene rings is 1. The van der Waals surface area contributed by atoms with Crippen molar-refractivity contribution in [1.82, 2.24) is 24.6 Å². The third kappa shape index (κ3) is 2.93. The Morgan fingerprint density at radius 3 is 2.45 bits per heavy atom. The molecule has 7 heteroatoms. The van der Waals surface area contributed by atoms with Gasteiger partial charge < -0.3 is 5.32 Å². The van der Waals surface area contributed by atoms with E-state index in [0.29, 0.717) is 18.7 Å². The zero-order valence-electron chi connectivity index (χ0n) is 15.4. The van der Waals surface area contributed by atoms with E-state index >= 15 is 0 Å². The Morgan fingerprint density at radius 1 is 0.897 bits per heavy atom. The van der Waals surface area contributed by atoms with Gasteiger partial charge in [0.1, 0.15) is 11.4 Å². The minimum absolute atomic E-state index is 0.103. The Bertz CT molecular complexity index is 1260. The van der Waals surface area contributed by atoms with E-state index in [1.54, 1.807) is 27.7 Å². The zero-order valence-corrected chi connectivity index (χ0v) is 15.4. The normalized spacial score (nSPS) is 13.0. The summed E-state index contributed by atoms with van der Waals surface area (Å²) in [5, 5.41) is 7.62. The van der Waals surface area contributed by atoms with Gasteiger partial charge >= 0.3 is 0 Å². The number of aromatic nitrogens is 4. The zero-order chi connectivity index (χ0) is 19.8. The van der Waals surface area contributed by atoms with Crippen molar-refractivity contribution in [3.8, 4) is 22.8 Å². The van der Waals surface area contributed by atoms with Crippen LogP contribution >= 0.6 is 0 Å². The third-order valence-electron chi connectivity index (χ3n) is 4.96. The fourth-order valence-electron chi connectivity index (χ4n) is 3.60. The number of rotatable bonds is 3. The SMILES string of the molecule is O=C1NCCc2c(-c3ccccn3)nn(-c3ccc(-n4ccccc4=O)cc3)c21. The highest BCUT2D eigenvalue weighted by atomic mass is 16.2. The fourth-order valence-corrected chi connectivity index (χ4v) is 3.60. The number of carbonyl (C=O) groups is 1. The second-order valence-corrected chi connectivity index (χ2v) is 6.73. The minimum atomic E-state index is -0.149. The predicted molar refractivity (Wildman–Crippen MR) is 108 cm³/mol. The molecule has 142 valence electrons. The molecular weight excluding hydrogens is 366 g/mol. The Labute approximate surface area is 166 Å². The molecule has 0 saturated carbocycles. The molecule has 0 unspecified atom stereocenters. The summed E-state index contributed by atoms with van der Waals surface area (Å²) in [7, 11) is 0. The van der Waals surface area contributed by atoms with Crippen LogP contribution in [-0.4, -0.2) is 31.8 Å². The van der Waals surface area contributed by atoms with E-state index in [-0.39, 0.29) is 11.5 Å². The molecule has 0 spiro atoms. The molecule has 1 N–H and O–H groups in total. The number of pyridine rings is 2. The Hall–Kier alpha value is -4.00. The van der Waals surface area contributed by atoms with Crippen molar-refractivity contribution >= 4 is 5.91 Å². The van der Waals surface area contributed by atoms with Crippen molar-refractivity contribution in [2.75, 3.05) is 6.54 Å². The first-order valence-electron chi connectivity index (χ1n) is 9.32. The molecule has 0 saturated heterocycles. The molecule has 4 aromatic rings. The van der Waals surface area contributed by atoms with Gasteiger partial charge in [0, 0.05) is 36.3 Å². The van der Waals surface area contributed by atoms with Crippen LogP contribution in [0.1, 0.15) is 16.1 Å². The van der Waals surface area contributed by atoms with Crippen molar-refractivity contribution in [2.45, 2.75) is 6.42 Å². The number of nitrogens with zero attached hydrogens (tertiary/aromatic N) is 4. The number of amides is 1. The topological polar surface area (TPSA) is 81.8 Å². The van der Waals surface area contributed by atoms with Crippen molar-refractivity contribution in [3.05, 3.63) is 94.7 Å². The van der Waals surface area contributed by atoms with E-state index in [1.807, 2.05) is 48.5 Å². The Balaban J connectivity index is 1.63. The Kier molecular flexibility index (Phi) is 4.05. The van der Waals surface area contributed by atoms with Crippen molar-refractivity contribution < 1.29 is 4.79 Å². The van der Waals surface area contributed by atoms with Gasteiger partial charge in [0.15, 0.2) is 0 Å².